The molecule has 0 bridgehead atoms. The lowest BCUT2D eigenvalue weighted by molar-refractivity contribution is -0.127. The first-order valence-electron chi connectivity index (χ1n) is 14.0. The van der Waals surface area contributed by atoms with Gasteiger partial charge < -0.3 is 21.3 Å². The highest BCUT2D eigenvalue weighted by Crippen LogP contribution is 2.11. The van der Waals surface area contributed by atoms with Crippen molar-refractivity contribution in [1.29, 1.82) is 0 Å². The van der Waals surface area contributed by atoms with Crippen LogP contribution in [-0.2, 0) is 14.4 Å². The highest BCUT2D eigenvalue weighted by molar-refractivity contribution is 7.80. The topological polar surface area (TPSA) is 116 Å². The van der Waals surface area contributed by atoms with Gasteiger partial charge in [-0.15, -0.1) is 0 Å². The number of nitrogens with one attached hydrogen (secondary N) is 4. The molecule has 1 heterocycles. The van der Waals surface area contributed by atoms with Gasteiger partial charge in [-0.05, 0) is 24.8 Å². The molecule has 1 aliphatic rings. The largest absolute Gasteiger partial charge is 0.352 e. The minimum atomic E-state index is -0.866. The Morgan fingerprint density at radius 1 is 1.03 bits per heavy atom. The van der Waals surface area contributed by atoms with E-state index in [2.05, 4.69) is 40.8 Å². The van der Waals surface area contributed by atoms with Crippen molar-refractivity contribution in [2.75, 3.05) is 18.8 Å². The third-order valence-corrected chi connectivity index (χ3v) is 6.67. The second-order valence-electron chi connectivity index (χ2n) is 9.82. The molecule has 0 saturated heterocycles. The molecular formula is C28H48N4O4S. The van der Waals surface area contributed by atoms with Gasteiger partial charge in [-0.1, -0.05) is 89.9 Å². The Balaban J connectivity index is 2.39. The lowest BCUT2D eigenvalue weighted by Crippen LogP contribution is -2.54. The maximum Gasteiger partial charge on any atom is 0.315 e. The number of unbranched alkanes of at least 4 members (excludes halogenated alkanes) is 9. The van der Waals surface area contributed by atoms with Gasteiger partial charge in [-0.2, -0.15) is 12.6 Å². The van der Waals surface area contributed by atoms with Crippen LogP contribution in [-0.4, -0.2) is 54.6 Å². The summed E-state index contributed by atoms with van der Waals surface area (Å²) in [6, 6.07) is -2.09. The van der Waals surface area contributed by atoms with Crippen molar-refractivity contribution in [3.63, 3.8) is 0 Å². The van der Waals surface area contributed by atoms with Crippen LogP contribution >= 0.6 is 12.6 Å². The summed E-state index contributed by atoms with van der Waals surface area (Å²) in [5.74, 6) is -0.859. The molecule has 9 heteroatoms. The summed E-state index contributed by atoms with van der Waals surface area (Å²) in [5.41, 5.74) is 0. The Morgan fingerprint density at radius 2 is 1.68 bits per heavy atom. The van der Waals surface area contributed by atoms with E-state index in [-0.39, 0.29) is 29.8 Å². The number of urea groups is 1. The van der Waals surface area contributed by atoms with Crippen LogP contribution in [0.1, 0.15) is 90.9 Å². The van der Waals surface area contributed by atoms with Crippen molar-refractivity contribution >= 4 is 36.3 Å². The molecule has 1 aliphatic heterocycles. The van der Waals surface area contributed by atoms with E-state index < -0.39 is 24.0 Å². The second-order valence-corrected chi connectivity index (χ2v) is 10.2. The van der Waals surface area contributed by atoms with Gasteiger partial charge in [0.2, 0.25) is 11.8 Å². The standard InChI is InChI=1S/C28H48N4O4S/c1-3-4-5-6-7-8-9-10-11-13-19-30-28(36)32-24(21-37)27(35)31-23-15-12-14-18-29-26(34)17-16-22(2)20-25(23)33/h12,15-17,22-24,37H,3-11,13-14,18-21H2,1-2H3,(H,29,34)(H,31,35)(H2,30,32,36)/b15-12+,17-16+/t22-,23-,24?/m0/s1. The molecule has 0 aromatic heterocycles. The van der Waals surface area contributed by atoms with Crippen LogP contribution in [0.15, 0.2) is 24.3 Å². The lowest BCUT2D eigenvalue weighted by atomic mass is 9.98. The van der Waals surface area contributed by atoms with Crippen LogP contribution in [0.5, 0.6) is 0 Å². The summed E-state index contributed by atoms with van der Waals surface area (Å²) in [6.07, 6.45) is 19.5. The Kier molecular flexibility index (Phi) is 18.3. The second kappa shape index (κ2) is 20.7. The maximum atomic E-state index is 12.8. The van der Waals surface area contributed by atoms with Crippen LogP contribution in [0.4, 0.5) is 4.79 Å². The van der Waals surface area contributed by atoms with E-state index >= 15 is 0 Å². The van der Waals surface area contributed by atoms with Crippen molar-refractivity contribution < 1.29 is 19.2 Å². The first-order chi connectivity index (χ1) is 17.9. The van der Waals surface area contributed by atoms with Gasteiger partial charge in [0.15, 0.2) is 5.78 Å². The molecule has 1 unspecified atom stereocenters. The van der Waals surface area contributed by atoms with E-state index in [4.69, 9.17) is 0 Å². The molecule has 37 heavy (non-hydrogen) atoms. The van der Waals surface area contributed by atoms with Crippen molar-refractivity contribution in [1.82, 2.24) is 21.3 Å². The molecule has 3 atom stereocenters. The average Bonchev–Trinajstić information content (AvgIpc) is 2.87. The molecule has 210 valence electrons. The Bertz CT molecular complexity index is 756. The van der Waals surface area contributed by atoms with Crippen molar-refractivity contribution in [2.24, 2.45) is 5.92 Å². The van der Waals surface area contributed by atoms with Crippen LogP contribution in [0.2, 0.25) is 0 Å². The van der Waals surface area contributed by atoms with Gasteiger partial charge in [0.1, 0.15) is 12.1 Å². The smallest absolute Gasteiger partial charge is 0.315 e. The Hall–Kier alpha value is -2.29. The van der Waals surface area contributed by atoms with Crippen LogP contribution in [0, 0.1) is 5.92 Å². The molecule has 4 amide bonds. The molecule has 1 rings (SSSR count). The zero-order valence-corrected chi connectivity index (χ0v) is 23.6. The number of hydrogen-bond acceptors (Lipinski definition) is 5. The minimum absolute atomic E-state index is 0.104. The number of allylic oxidation sites excluding steroid dienone is 1. The molecule has 0 saturated carbocycles. The van der Waals surface area contributed by atoms with E-state index in [1.165, 1.54) is 57.4 Å². The van der Waals surface area contributed by atoms with Crippen LogP contribution in [0.3, 0.4) is 0 Å². The van der Waals surface area contributed by atoms with Gasteiger partial charge in [-0.3, -0.25) is 14.4 Å². The van der Waals surface area contributed by atoms with Gasteiger partial charge in [-0.25, -0.2) is 4.79 Å². The summed E-state index contributed by atoms with van der Waals surface area (Å²) in [6.45, 7) is 5.05. The fraction of sp³-hybridized carbons (Fsp3) is 0.714. The predicted octanol–water partition coefficient (Wildman–Crippen LogP) is 4.22. The molecule has 0 aromatic rings. The normalized spacial score (nSPS) is 21.1. The van der Waals surface area contributed by atoms with E-state index in [9.17, 15) is 19.2 Å². The van der Waals surface area contributed by atoms with E-state index in [0.29, 0.717) is 19.5 Å². The first kappa shape index (κ1) is 32.7. The summed E-state index contributed by atoms with van der Waals surface area (Å²) in [4.78, 5) is 49.6. The van der Waals surface area contributed by atoms with E-state index in [1.807, 2.05) is 6.92 Å². The first-order valence-corrected chi connectivity index (χ1v) is 14.6. The number of rotatable bonds is 15. The zero-order chi connectivity index (χ0) is 27.3. The molecule has 0 aromatic carbocycles. The molecule has 0 aliphatic carbocycles. The zero-order valence-electron chi connectivity index (χ0n) is 22.7. The number of amides is 4. The number of carbonyl (C=O) groups is 4. The molecule has 8 nitrogen and oxygen atoms in total. The van der Waals surface area contributed by atoms with Crippen molar-refractivity contribution in [2.45, 2.75) is 103 Å². The number of hydrogen-bond donors (Lipinski definition) is 5. The molecular weight excluding hydrogens is 488 g/mol. The number of Topliss-reactive ketones (excluding diaryl/α,β-unsaturated/α-hetero) is 1. The van der Waals surface area contributed by atoms with E-state index in [1.54, 1.807) is 18.2 Å². The average molecular weight is 537 g/mol. The third-order valence-electron chi connectivity index (χ3n) is 6.30. The van der Waals surface area contributed by atoms with Crippen molar-refractivity contribution in [3.8, 4) is 0 Å². The summed E-state index contributed by atoms with van der Waals surface area (Å²) in [5, 5.41) is 11.0. The predicted molar refractivity (Wildman–Crippen MR) is 153 cm³/mol. The Morgan fingerprint density at radius 3 is 2.32 bits per heavy atom. The van der Waals surface area contributed by atoms with Crippen LogP contribution in [0.25, 0.3) is 0 Å². The quantitative estimate of drug-likeness (QED) is 0.122. The van der Waals surface area contributed by atoms with Gasteiger partial charge in [0.25, 0.3) is 0 Å². The lowest BCUT2D eigenvalue weighted by Gasteiger charge is -2.21. The summed E-state index contributed by atoms with van der Waals surface area (Å²) < 4.78 is 0. The van der Waals surface area contributed by atoms with E-state index in [0.717, 1.165) is 12.8 Å². The molecule has 0 spiro atoms. The fourth-order valence-electron chi connectivity index (χ4n) is 4.04. The van der Waals surface area contributed by atoms with Gasteiger partial charge in [0, 0.05) is 25.3 Å². The fourth-order valence-corrected chi connectivity index (χ4v) is 4.30. The van der Waals surface area contributed by atoms with Crippen molar-refractivity contribution in [3.05, 3.63) is 24.3 Å². The van der Waals surface area contributed by atoms with Gasteiger partial charge >= 0.3 is 6.03 Å². The number of thiol groups is 1. The van der Waals surface area contributed by atoms with Gasteiger partial charge in [0.05, 0.1) is 0 Å². The monoisotopic (exact) mass is 536 g/mol. The molecule has 0 radical (unpaired) electrons. The third kappa shape index (κ3) is 16.2. The number of carbonyl (C=O) groups excluding carboxylic acids is 4. The summed E-state index contributed by atoms with van der Waals surface area (Å²) >= 11 is 4.22. The maximum absolute atomic E-state index is 12.8. The number of ketones is 1. The Labute approximate surface area is 228 Å². The molecule has 0 fully saturated rings. The summed E-state index contributed by atoms with van der Waals surface area (Å²) in [7, 11) is 0. The highest BCUT2D eigenvalue weighted by Gasteiger charge is 2.25. The molecule has 4 N–H and O–H groups in total. The minimum Gasteiger partial charge on any atom is -0.352 e. The van der Waals surface area contributed by atoms with Crippen LogP contribution < -0.4 is 21.3 Å². The highest BCUT2D eigenvalue weighted by atomic mass is 32.1. The SMILES string of the molecule is CCCCCCCCCCCCNC(=O)NC(CS)C(=O)N[C@H]1/C=C/CCNC(=O)/C=C/[C@H](C)CC1=O.